The molecule has 17 heavy (non-hydrogen) atoms. The first-order valence-corrected chi connectivity index (χ1v) is 7.69. The molecule has 1 aliphatic rings. The highest BCUT2D eigenvalue weighted by atomic mass is 35.5. The van der Waals surface area contributed by atoms with E-state index in [2.05, 4.69) is 29.3 Å². The molecule has 2 nitrogen and oxygen atoms in total. The van der Waals surface area contributed by atoms with Crippen molar-refractivity contribution in [3.8, 4) is 0 Å². The van der Waals surface area contributed by atoms with Crippen LogP contribution in [0.4, 0.5) is 0 Å². The maximum absolute atomic E-state index is 5.79. The van der Waals surface area contributed by atoms with Crippen LogP contribution in [0.1, 0.15) is 24.8 Å². The van der Waals surface area contributed by atoms with Gasteiger partial charge in [-0.1, -0.05) is 17.7 Å². The quantitative estimate of drug-likeness (QED) is 0.780. The van der Waals surface area contributed by atoms with Gasteiger partial charge in [-0.25, -0.2) is 4.98 Å². The third-order valence-corrected chi connectivity index (χ3v) is 4.85. The van der Waals surface area contributed by atoms with Gasteiger partial charge in [-0.3, -0.25) is 4.90 Å². The Kier molecular flexibility index (Phi) is 4.71. The Morgan fingerprint density at radius 3 is 2.88 bits per heavy atom. The first-order chi connectivity index (χ1) is 8.19. The van der Waals surface area contributed by atoms with Crippen LogP contribution < -0.4 is 0 Å². The van der Waals surface area contributed by atoms with E-state index in [4.69, 9.17) is 11.6 Å². The van der Waals surface area contributed by atoms with Crippen molar-refractivity contribution >= 4 is 23.4 Å². The second-order valence-electron chi connectivity index (χ2n) is 4.73. The lowest BCUT2D eigenvalue weighted by Gasteiger charge is -2.24. The molecule has 94 valence electrons. The predicted molar refractivity (Wildman–Crippen MR) is 75.7 cm³/mol. The minimum atomic E-state index is 0.569. The zero-order chi connectivity index (χ0) is 12.3. The fourth-order valence-electron chi connectivity index (χ4n) is 2.45. The Labute approximate surface area is 113 Å². The Morgan fingerprint density at radius 1 is 1.47 bits per heavy atom. The highest BCUT2D eigenvalue weighted by molar-refractivity contribution is 7.99. The third-order valence-electron chi connectivity index (χ3n) is 3.53. The molecule has 2 atom stereocenters. The van der Waals surface area contributed by atoms with Gasteiger partial charge in [0.15, 0.2) is 0 Å². The summed E-state index contributed by atoms with van der Waals surface area (Å²) in [6, 6.07) is 4.65. The summed E-state index contributed by atoms with van der Waals surface area (Å²) in [7, 11) is 2.21. The van der Waals surface area contributed by atoms with Gasteiger partial charge in [0, 0.05) is 24.0 Å². The molecule has 0 bridgehead atoms. The molecular formula is C13H19ClN2S. The molecule has 0 aliphatic heterocycles. The lowest BCUT2D eigenvalue weighted by Crippen LogP contribution is -2.29. The van der Waals surface area contributed by atoms with Gasteiger partial charge >= 0.3 is 0 Å². The second-order valence-corrected chi connectivity index (χ2v) is 6.25. The molecule has 1 aliphatic carbocycles. The molecule has 0 unspecified atom stereocenters. The molecule has 0 N–H and O–H groups in total. The highest BCUT2D eigenvalue weighted by Crippen LogP contribution is 2.31. The molecule has 1 aromatic rings. The summed E-state index contributed by atoms with van der Waals surface area (Å²) in [6.45, 7) is 0.968. The van der Waals surface area contributed by atoms with Gasteiger partial charge in [-0.15, -0.1) is 0 Å². The molecule has 2 rings (SSSR count). The fraction of sp³-hybridized carbons (Fsp3) is 0.615. The summed E-state index contributed by atoms with van der Waals surface area (Å²) in [5.74, 6) is 0. The van der Waals surface area contributed by atoms with Crippen molar-refractivity contribution in [2.24, 2.45) is 0 Å². The van der Waals surface area contributed by atoms with Crippen LogP contribution >= 0.6 is 23.4 Å². The number of rotatable bonds is 4. The van der Waals surface area contributed by atoms with Gasteiger partial charge in [-0.2, -0.15) is 11.8 Å². The molecule has 0 saturated heterocycles. The van der Waals surface area contributed by atoms with E-state index in [-0.39, 0.29) is 0 Å². The lowest BCUT2D eigenvalue weighted by molar-refractivity contribution is 0.237. The van der Waals surface area contributed by atoms with Crippen molar-refractivity contribution < 1.29 is 0 Å². The van der Waals surface area contributed by atoms with E-state index < -0.39 is 0 Å². The molecule has 0 radical (unpaired) electrons. The third kappa shape index (κ3) is 3.60. The second kappa shape index (κ2) is 6.07. The van der Waals surface area contributed by atoms with Gasteiger partial charge in [0.05, 0.1) is 0 Å². The topological polar surface area (TPSA) is 16.1 Å². The van der Waals surface area contributed by atoms with Crippen molar-refractivity contribution in [3.63, 3.8) is 0 Å². The normalized spacial score (nSPS) is 24.5. The number of nitrogens with zero attached hydrogens (tertiary/aromatic N) is 2. The molecule has 1 saturated carbocycles. The van der Waals surface area contributed by atoms with Crippen molar-refractivity contribution in [2.45, 2.75) is 37.1 Å². The Hall–Kier alpha value is -0.250. The summed E-state index contributed by atoms with van der Waals surface area (Å²) >= 11 is 7.79. The number of thioether (sulfide) groups is 1. The van der Waals surface area contributed by atoms with Crippen molar-refractivity contribution in [1.82, 2.24) is 9.88 Å². The highest BCUT2D eigenvalue weighted by Gasteiger charge is 2.26. The van der Waals surface area contributed by atoms with Gasteiger partial charge < -0.3 is 0 Å². The SMILES string of the molecule is CS[C@@H]1CC[C@@H](N(C)Cc2ccc(Cl)nc2)C1. The van der Waals surface area contributed by atoms with Crippen LogP contribution in [0.25, 0.3) is 0 Å². The first-order valence-electron chi connectivity index (χ1n) is 6.02. The molecule has 1 aromatic heterocycles. The molecule has 0 spiro atoms. The molecule has 4 heteroatoms. The van der Waals surface area contributed by atoms with Crippen LogP contribution in [0.5, 0.6) is 0 Å². The van der Waals surface area contributed by atoms with Crippen molar-refractivity contribution in [2.75, 3.05) is 13.3 Å². The number of halogens is 1. The monoisotopic (exact) mass is 270 g/mol. The maximum atomic E-state index is 5.79. The number of hydrogen-bond acceptors (Lipinski definition) is 3. The van der Waals surface area contributed by atoms with E-state index in [0.29, 0.717) is 5.15 Å². The lowest BCUT2D eigenvalue weighted by atomic mass is 10.2. The molecule has 0 aromatic carbocycles. The van der Waals surface area contributed by atoms with Crippen LogP contribution in [0.2, 0.25) is 5.15 Å². The van der Waals surface area contributed by atoms with Crippen LogP contribution in [-0.2, 0) is 6.54 Å². The average molecular weight is 271 g/mol. The first kappa shape index (κ1) is 13.2. The van der Waals surface area contributed by atoms with Gasteiger partial charge in [0.25, 0.3) is 0 Å². The zero-order valence-corrected chi connectivity index (χ0v) is 12.0. The minimum Gasteiger partial charge on any atom is -0.299 e. The largest absolute Gasteiger partial charge is 0.299 e. The Morgan fingerprint density at radius 2 is 2.29 bits per heavy atom. The standard InChI is InChI=1S/C13H19ClN2S/c1-16(11-4-5-12(7-11)17-2)9-10-3-6-13(14)15-8-10/h3,6,8,11-12H,4-5,7,9H2,1-2H3/t11-,12-/m1/s1. The van der Waals surface area contributed by atoms with E-state index in [0.717, 1.165) is 17.8 Å². The van der Waals surface area contributed by atoms with Crippen molar-refractivity contribution in [1.29, 1.82) is 0 Å². The van der Waals surface area contributed by atoms with E-state index in [1.165, 1.54) is 24.8 Å². The van der Waals surface area contributed by atoms with Crippen molar-refractivity contribution in [3.05, 3.63) is 29.0 Å². The maximum Gasteiger partial charge on any atom is 0.129 e. The smallest absolute Gasteiger partial charge is 0.129 e. The summed E-state index contributed by atoms with van der Waals surface area (Å²) in [5, 5.41) is 1.42. The van der Waals surface area contributed by atoms with Crippen LogP contribution in [0, 0.1) is 0 Å². The fourth-order valence-corrected chi connectivity index (χ4v) is 3.35. The van der Waals surface area contributed by atoms with E-state index in [1.807, 2.05) is 24.0 Å². The number of hydrogen-bond donors (Lipinski definition) is 0. The summed E-state index contributed by atoms with van der Waals surface area (Å²) < 4.78 is 0. The molecular weight excluding hydrogens is 252 g/mol. The van der Waals surface area contributed by atoms with E-state index in [9.17, 15) is 0 Å². The predicted octanol–water partition coefficient (Wildman–Crippen LogP) is 3.45. The molecule has 1 heterocycles. The Bertz CT molecular complexity index is 355. The molecule has 1 fully saturated rings. The van der Waals surface area contributed by atoms with Gasteiger partial charge in [0.2, 0.25) is 0 Å². The Balaban J connectivity index is 1.89. The van der Waals surface area contributed by atoms with Crippen LogP contribution in [0.3, 0.4) is 0 Å². The zero-order valence-electron chi connectivity index (χ0n) is 10.4. The van der Waals surface area contributed by atoms with Crippen LogP contribution in [-0.4, -0.2) is 34.5 Å². The van der Waals surface area contributed by atoms with Gasteiger partial charge in [-0.05, 0) is 44.2 Å². The van der Waals surface area contributed by atoms with E-state index >= 15 is 0 Å². The molecule has 0 amide bonds. The van der Waals surface area contributed by atoms with Gasteiger partial charge in [0.1, 0.15) is 5.15 Å². The average Bonchev–Trinajstić information content (AvgIpc) is 2.81. The van der Waals surface area contributed by atoms with Crippen LogP contribution in [0.15, 0.2) is 18.3 Å². The minimum absolute atomic E-state index is 0.569. The summed E-state index contributed by atoms with van der Waals surface area (Å²) in [4.78, 5) is 6.57. The number of pyridine rings is 1. The summed E-state index contributed by atoms with van der Waals surface area (Å²) in [6.07, 6.45) is 8.09. The van der Waals surface area contributed by atoms with E-state index in [1.54, 1.807) is 0 Å². The summed E-state index contributed by atoms with van der Waals surface area (Å²) in [5.41, 5.74) is 1.24. The number of aromatic nitrogens is 1.